The molecule has 1 atom stereocenters. The number of amides is 1. The van der Waals surface area contributed by atoms with Gasteiger partial charge in [-0.2, -0.15) is 8.78 Å². The first-order valence-electron chi connectivity index (χ1n) is 11.6. The van der Waals surface area contributed by atoms with E-state index >= 15 is 0 Å². The number of carbonyl (C=O) groups excluding carboxylic acids is 2. The molecule has 0 N–H and O–H groups in total. The van der Waals surface area contributed by atoms with Crippen LogP contribution >= 0.6 is 0 Å². The minimum atomic E-state index is -2.86. The van der Waals surface area contributed by atoms with Crippen LogP contribution in [0.4, 0.5) is 8.78 Å². The van der Waals surface area contributed by atoms with Crippen molar-refractivity contribution in [2.45, 2.75) is 38.7 Å². The van der Waals surface area contributed by atoms with E-state index in [1.54, 1.807) is 39.1 Å². The zero-order valence-corrected chi connectivity index (χ0v) is 21.4. The number of hydrogen-bond donors (Lipinski definition) is 0. The molecular weight excluding hydrogens is 502 g/mol. The maximum absolute atomic E-state index is 13.4. The Balaban J connectivity index is 1.48. The molecule has 0 radical (unpaired) electrons. The minimum Gasteiger partial charge on any atom is -0.616 e. The summed E-state index contributed by atoms with van der Waals surface area (Å²) in [7, 11) is 1.65. The number of halogens is 2. The van der Waals surface area contributed by atoms with E-state index in [9.17, 15) is 22.9 Å². The lowest BCUT2D eigenvalue weighted by molar-refractivity contribution is -0.135. The highest BCUT2D eigenvalue weighted by atomic mass is 32.2. The molecule has 1 aliphatic heterocycles. The molecule has 194 valence electrons. The summed E-state index contributed by atoms with van der Waals surface area (Å²) >= 11 is -0.840. The Hall–Kier alpha value is -3.44. The molecule has 0 bridgehead atoms. The monoisotopic (exact) mass is 528 g/mol. The van der Waals surface area contributed by atoms with Gasteiger partial charge in [0.1, 0.15) is 17.8 Å². The van der Waals surface area contributed by atoms with E-state index < -0.39 is 28.9 Å². The smallest absolute Gasteiger partial charge is 0.314 e. The van der Waals surface area contributed by atoms with E-state index in [2.05, 4.69) is 15.2 Å². The van der Waals surface area contributed by atoms with Gasteiger partial charge in [-0.1, -0.05) is 12.1 Å². The minimum absolute atomic E-state index is 0.0676. The van der Waals surface area contributed by atoms with Crippen LogP contribution < -0.4 is 0 Å². The van der Waals surface area contributed by atoms with Crippen molar-refractivity contribution < 1.29 is 27.3 Å². The van der Waals surface area contributed by atoms with Gasteiger partial charge in [-0.25, -0.2) is 0 Å². The predicted octanol–water partition coefficient (Wildman–Crippen LogP) is 4.35. The Morgan fingerprint density at radius 1 is 1.24 bits per heavy atom. The third kappa shape index (κ3) is 5.78. The van der Waals surface area contributed by atoms with Crippen LogP contribution in [0.1, 0.15) is 59.8 Å². The Labute approximate surface area is 216 Å². The molecule has 0 saturated heterocycles. The van der Waals surface area contributed by atoms with Crippen molar-refractivity contribution in [1.29, 1.82) is 0 Å². The molecule has 2 aromatic heterocycles. The third-order valence-corrected chi connectivity index (χ3v) is 7.51. The van der Waals surface area contributed by atoms with Gasteiger partial charge in [0, 0.05) is 25.2 Å². The Morgan fingerprint density at radius 2 is 2.00 bits per heavy atom. The van der Waals surface area contributed by atoms with Crippen molar-refractivity contribution >= 4 is 28.9 Å². The SMILES string of the molecule is CN(Cc1ccc(-c2nnc(C(F)F)o2)cn1)C(=O)C(C)(C)c1ccc(C2=CC[S+]([O-])CC2)cc1C=O. The van der Waals surface area contributed by atoms with Crippen LogP contribution in [0.5, 0.6) is 0 Å². The first-order chi connectivity index (χ1) is 17.6. The van der Waals surface area contributed by atoms with Crippen LogP contribution in [0.25, 0.3) is 17.0 Å². The van der Waals surface area contributed by atoms with E-state index in [1.807, 2.05) is 18.2 Å². The fraction of sp³-hybridized carbons (Fsp3) is 0.346. The normalized spacial score (nSPS) is 16.0. The third-order valence-electron chi connectivity index (χ3n) is 6.32. The zero-order valence-electron chi connectivity index (χ0n) is 20.6. The summed E-state index contributed by atoms with van der Waals surface area (Å²) < 4.78 is 42.0. The van der Waals surface area contributed by atoms with Crippen LogP contribution in [-0.4, -0.2) is 55.4 Å². The highest BCUT2D eigenvalue weighted by Gasteiger charge is 2.34. The molecule has 8 nitrogen and oxygen atoms in total. The Bertz CT molecular complexity index is 1320. The highest BCUT2D eigenvalue weighted by Crippen LogP contribution is 2.32. The van der Waals surface area contributed by atoms with E-state index in [0.29, 0.717) is 40.3 Å². The molecule has 4 rings (SSSR count). The highest BCUT2D eigenvalue weighted by molar-refractivity contribution is 7.91. The second-order valence-corrected chi connectivity index (χ2v) is 10.9. The number of allylic oxidation sites excluding steroid dienone is 1. The fourth-order valence-corrected chi connectivity index (χ4v) is 5.29. The summed E-state index contributed by atoms with van der Waals surface area (Å²) in [6, 6.07) is 8.74. The number of aldehydes is 1. The standard InChI is InChI=1S/C26H26F2N4O4S/c1-26(2,21-7-5-17(12-19(21)15-33)16-8-10-37(35)11-9-16)25(34)32(3)14-20-6-4-18(13-29-20)23-30-31-24(36-23)22(27)28/h4-8,12-13,15,22H,9-11,14H2,1-3H3. The summed E-state index contributed by atoms with van der Waals surface area (Å²) in [5.74, 6) is 0.0609. The van der Waals surface area contributed by atoms with Crippen LogP contribution in [0, 0.1) is 0 Å². The summed E-state index contributed by atoms with van der Waals surface area (Å²) in [6.07, 6.45) is 1.94. The van der Waals surface area contributed by atoms with Crippen molar-refractivity contribution in [3.63, 3.8) is 0 Å². The number of rotatable bonds is 8. The summed E-state index contributed by atoms with van der Waals surface area (Å²) in [5, 5.41) is 6.90. The molecule has 37 heavy (non-hydrogen) atoms. The number of nitrogens with zero attached hydrogens (tertiary/aromatic N) is 4. The van der Waals surface area contributed by atoms with Gasteiger partial charge in [0.15, 0.2) is 0 Å². The molecule has 1 aliphatic rings. The fourth-order valence-electron chi connectivity index (χ4n) is 4.29. The van der Waals surface area contributed by atoms with Gasteiger partial charge in [-0.05, 0) is 66.0 Å². The molecule has 0 fully saturated rings. The van der Waals surface area contributed by atoms with Gasteiger partial charge in [0.25, 0.3) is 5.89 Å². The van der Waals surface area contributed by atoms with Crippen molar-refractivity contribution in [1.82, 2.24) is 20.1 Å². The molecule has 3 aromatic rings. The van der Waals surface area contributed by atoms with Crippen molar-refractivity contribution in [2.24, 2.45) is 0 Å². The number of carbonyl (C=O) groups is 2. The molecule has 1 unspecified atom stereocenters. The zero-order chi connectivity index (χ0) is 26.7. The molecule has 0 aliphatic carbocycles. The van der Waals surface area contributed by atoms with Gasteiger partial charge >= 0.3 is 6.43 Å². The molecule has 1 amide bonds. The number of alkyl halides is 2. The number of benzene rings is 1. The number of hydrogen-bond acceptors (Lipinski definition) is 7. The lowest BCUT2D eigenvalue weighted by Gasteiger charge is -2.31. The number of pyridine rings is 1. The van der Waals surface area contributed by atoms with E-state index in [0.717, 1.165) is 17.4 Å². The molecule has 11 heteroatoms. The van der Waals surface area contributed by atoms with Crippen LogP contribution in [0.3, 0.4) is 0 Å². The summed E-state index contributed by atoms with van der Waals surface area (Å²) in [6.45, 7) is 3.72. The van der Waals surface area contributed by atoms with E-state index in [-0.39, 0.29) is 18.3 Å². The molecule has 0 saturated carbocycles. The quantitative estimate of drug-likeness (QED) is 0.316. The maximum atomic E-state index is 13.4. The lowest BCUT2D eigenvalue weighted by Crippen LogP contribution is -2.41. The second kappa shape index (κ2) is 10.9. The second-order valence-electron chi connectivity index (χ2n) is 9.28. The van der Waals surface area contributed by atoms with Gasteiger partial charge < -0.3 is 13.9 Å². The molecule has 1 aromatic carbocycles. The largest absolute Gasteiger partial charge is 0.616 e. The summed E-state index contributed by atoms with van der Waals surface area (Å²) in [5.41, 5.74) is 2.94. The summed E-state index contributed by atoms with van der Waals surface area (Å²) in [4.78, 5) is 31.2. The van der Waals surface area contributed by atoms with Crippen molar-refractivity contribution in [3.8, 4) is 11.5 Å². The van der Waals surface area contributed by atoms with Gasteiger partial charge in [0.05, 0.1) is 23.2 Å². The average molecular weight is 529 g/mol. The lowest BCUT2D eigenvalue weighted by atomic mass is 9.79. The predicted molar refractivity (Wildman–Crippen MR) is 134 cm³/mol. The Morgan fingerprint density at radius 3 is 2.59 bits per heavy atom. The van der Waals surface area contributed by atoms with Crippen LogP contribution in [0.15, 0.2) is 47.0 Å². The maximum Gasteiger partial charge on any atom is 0.314 e. The first kappa shape index (κ1) is 26.6. The molecular formula is C26H26F2N4O4S. The Kier molecular flexibility index (Phi) is 7.84. The average Bonchev–Trinajstić information content (AvgIpc) is 3.39. The van der Waals surface area contributed by atoms with Gasteiger partial charge in [-0.15, -0.1) is 10.2 Å². The van der Waals surface area contributed by atoms with Crippen molar-refractivity contribution in [3.05, 3.63) is 70.9 Å². The van der Waals surface area contributed by atoms with E-state index in [4.69, 9.17) is 4.42 Å². The number of aromatic nitrogens is 3. The van der Waals surface area contributed by atoms with Crippen LogP contribution in [0.2, 0.25) is 0 Å². The molecule has 3 heterocycles. The van der Waals surface area contributed by atoms with Crippen LogP contribution in [-0.2, 0) is 27.9 Å². The molecule has 0 spiro atoms. The van der Waals surface area contributed by atoms with Gasteiger partial charge in [-0.3, -0.25) is 14.6 Å². The number of likely N-dealkylation sites (N-methyl/N-ethyl adjacent to an activating group) is 1. The van der Waals surface area contributed by atoms with Crippen molar-refractivity contribution in [2.75, 3.05) is 18.6 Å². The van der Waals surface area contributed by atoms with Gasteiger partial charge in [0.2, 0.25) is 11.8 Å². The topological polar surface area (TPSA) is 112 Å². The van der Waals surface area contributed by atoms with E-state index in [1.165, 1.54) is 11.1 Å². The first-order valence-corrected chi connectivity index (χ1v) is 13.1.